The zero-order valence-electron chi connectivity index (χ0n) is 9.76. The molecule has 0 aliphatic carbocycles. The van der Waals surface area contributed by atoms with Crippen LogP contribution in [0.3, 0.4) is 0 Å². The van der Waals surface area contributed by atoms with E-state index in [2.05, 4.69) is 32.7 Å². The van der Waals surface area contributed by atoms with Gasteiger partial charge in [-0.3, -0.25) is 4.99 Å². The molecule has 1 aliphatic heterocycles. The van der Waals surface area contributed by atoms with Gasteiger partial charge in [-0.1, -0.05) is 20.8 Å². The minimum absolute atomic E-state index is 0.0412. The molecule has 0 saturated carbocycles. The zero-order valence-corrected chi connectivity index (χ0v) is 9.76. The van der Waals surface area contributed by atoms with Crippen LogP contribution >= 0.6 is 0 Å². The van der Waals surface area contributed by atoms with Crippen molar-refractivity contribution in [2.45, 2.75) is 46.1 Å². The van der Waals surface area contributed by atoms with Gasteiger partial charge in [0.05, 0.1) is 18.0 Å². The quantitative estimate of drug-likeness (QED) is 0.517. The Morgan fingerprint density at radius 3 is 2.50 bits per heavy atom. The summed E-state index contributed by atoms with van der Waals surface area (Å²) in [5.74, 6) is 0.727. The van der Waals surface area contributed by atoms with Crippen molar-refractivity contribution in [3.05, 3.63) is 0 Å². The molecule has 0 aromatic carbocycles. The second-order valence-electron chi connectivity index (χ2n) is 5.40. The van der Waals surface area contributed by atoms with Crippen molar-refractivity contribution in [3.63, 3.8) is 0 Å². The first-order valence-corrected chi connectivity index (χ1v) is 5.27. The zero-order chi connectivity index (χ0) is 10.8. The number of aliphatic imine (C=N–C) groups is 1. The van der Waals surface area contributed by atoms with Gasteiger partial charge in [0.1, 0.15) is 0 Å². The molecular formula is C11H22N2O. The van der Waals surface area contributed by atoms with Crippen LogP contribution in [-0.4, -0.2) is 24.6 Å². The molecule has 1 aliphatic rings. The number of hydrogen-bond donors (Lipinski definition) is 1. The highest BCUT2D eigenvalue weighted by atomic mass is 16.5. The monoisotopic (exact) mass is 198 g/mol. The lowest BCUT2D eigenvalue weighted by molar-refractivity contribution is 0.0464. The Morgan fingerprint density at radius 1 is 1.43 bits per heavy atom. The second-order valence-corrected chi connectivity index (χ2v) is 5.40. The van der Waals surface area contributed by atoms with Crippen LogP contribution in [0.1, 0.15) is 40.5 Å². The van der Waals surface area contributed by atoms with Crippen LogP contribution in [-0.2, 0) is 4.74 Å². The molecule has 2 N–H and O–H groups in total. The standard InChI is InChI=1S/C11H22N2O/c1-10(2,3)9(12)13-11(4)6-5-7-14-8-11/h5-8H2,1-4H3,(H2,12,13). The molecule has 3 heteroatoms. The Kier molecular flexibility index (Phi) is 3.20. The third-order valence-electron chi connectivity index (χ3n) is 2.58. The van der Waals surface area contributed by atoms with E-state index >= 15 is 0 Å². The fraction of sp³-hybridized carbons (Fsp3) is 0.909. The Morgan fingerprint density at radius 2 is 2.07 bits per heavy atom. The summed E-state index contributed by atoms with van der Waals surface area (Å²) < 4.78 is 5.44. The van der Waals surface area contributed by atoms with E-state index in [1.54, 1.807) is 0 Å². The van der Waals surface area contributed by atoms with Gasteiger partial charge in [-0.2, -0.15) is 0 Å². The maximum Gasteiger partial charge on any atom is 0.0999 e. The van der Waals surface area contributed by atoms with E-state index in [1.165, 1.54) is 0 Å². The molecule has 1 unspecified atom stereocenters. The average Bonchev–Trinajstić information content (AvgIpc) is 2.02. The lowest BCUT2D eigenvalue weighted by Gasteiger charge is -2.32. The summed E-state index contributed by atoms with van der Waals surface area (Å²) in [5.41, 5.74) is 5.82. The Hall–Kier alpha value is -0.570. The number of rotatable bonds is 1. The Bertz CT molecular complexity index is 222. The molecule has 14 heavy (non-hydrogen) atoms. The summed E-state index contributed by atoms with van der Waals surface area (Å²) in [4.78, 5) is 4.61. The van der Waals surface area contributed by atoms with Gasteiger partial charge in [0.2, 0.25) is 0 Å². The average molecular weight is 198 g/mol. The topological polar surface area (TPSA) is 47.6 Å². The van der Waals surface area contributed by atoms with Crippen LogP contribution < -0.4 is 5.73 Å². The molecular weight excluding hydrogens is 176 g/mol. The van der Waals surface area contributed by atoms with Crippen molar-refractivity contribution >= 4 is 5.84 Å². The predicted octanol–water partition coefficient (Wildman–Crippen LogP) is 1.96. The van der Waals surface area contributed by atoms with Crippen LogP contribution in [0.2, 0.25) is 0 Å². The molecule has 0 amide bonds. The van der Waals surface area contributed by atoms with Crippen molar-refractivity contribution in [2.24, 2.45) is 16.1 Å². The summed E-state index contributed by atoms with van der Waals surface area (Å²) in [6, 6.07) is 0. The molecule has 1 fully saturated rings. The molecule has 1 rings (SSSR count). The van der Waals surface area contributed by atoms with E-state index in [4.69, 9.17) is 10.5 Å². The van der Waals surface area contributed by atoms with Gasteiger partial charge in [0.25, 0.3) is 0 Å². The van der Waals surface area contributed by atoms with Gasteiger partial charge in [-0.15, -0.1) is 0 Å². The third kappa shape index (κ3) is 2.98. The van der Waals surface area contributed by atoms with Gasteiger partial charge < -0.3 is 10.5 Å². The lowest BCUT2D eigenvalue weighted by Crippen LogP contribution is -2.39. The van der Waals surface area contributed by atoms with Crippen molar-refractivity contribution in [1.82, 2.24) is 0 Å². The van der Waals surface area contributed by atoms with Crippen molar-refractivity contribution in [1.29, 1.82) is 0 Å². The SMILES string of the molecule is CC1(N=C(N)C(C)(C)C)CCCOC1. The van der Waals surface area contributed by atoms with Crippen LogP contribution in [0, 0.1) is 5.41 Å². The highest BCUT2D eigenvalue weighted by Crippen LogP contribution is 2.25. The second kappa shape index (κ2) is 3.89. The fourth-order valence-electron chi connectivity index (χ4n) is 1.47. The van der Waals surface area contributed by atoms with Gasteiger partial charge in [-0.25, -0.2) is 0 Å². The summed E-state index contributed by atoms with van der Waals surface area (Å²) in [5, 5.41) is 0. The van der Waals surface area contributed by atoms with Crippen molar-refractivity contribution in [2.75, 3.05) is 13.2 Å². The largest absolute Gasteiger partial charge is 0.387 e. The number of amidine groups is 1. The molecule has 82 valence electrons. The van der Waals surface area contributed by atoms with Gasteiger partial charge >= 0.3 is 0 Å². The Balaban J connectivity index is 2.73. The molecule has 1 saturated heterocycles. The molecule has 0 aromatic heterocycles. The van der Waals surface area contributed by atoms with Crippen molar-refractivity contribution in [3.8, 4) is 0 Å². The first-order chi connectivity index (χ1) is 6.33. The highest BCUT2D eigenvalue weighted by molar-refractivity contribution is 5.85. The predicted molar refractivity (Wildman–Crippen MR) is 59.5 cm³/mol. The summed E-state index contributed by atoms with van der Waals surface area (Å²) in [7, 11) is 0. The maximum absolute atomic E-state index is 5.96. The van der Waals surface area contributed by atoms with E-state index in [0.717, 1.165) is 25.3 Å². The highest BCUT2D eigenvalue weighted by Gasteiger charge is 2.29. The van der Waals surface area contributed by atoms with E-state index in [0.29, 0.717) is 6.61 Å². The van der Waals surface area contributed by atoms with Crippen LogP contribution in [0.5, 0.6) is 0 Å². The molecule has 1 heterocycles. The Labute approximate surface area is 86.7 Å². The van der Waals surface area contributed by atoms with Gasteiger partial charge in [0, 0.05) is 12.0 Å². The maximum atomic E-state index is 5.96. The summed E-state index contributed by atoms with van der Waals surface area (Å²) >= 11 is 0. The number of nitrogens with two attached hydrogens (primary N) is 1. The van der Waals surface area contributed by atoms with Crippen LogP contribution in [0.15, 0.2) is 4.99 Å². The van der Waals surface area contributed by atoms with E-state index in [-0.39, 0.29) is 11.0 Å². The molecule has 1 atom stereocenters. The van der Waals surface area contributed by atoms with Gasteiger partial charge in [0.15, 0.2) is 0 Å². The van der Waals surface area contributed by atoms with Crippen molar-refractivity contribution < 1.29 is 4.74 Å². The number of ether oxygens (including phenoxy) is 1. The number of nitrogens with zero attached hydrogens (tertiary/aromatic N) is 1. The smallest absolute Gasteiger partial charge is 0.0999 e. The first-order valence-electron chi connectivity index (χ1n) is 5.27. The molecule has 0 bridgehead atoms. The summed E-state index contributed by atoms with van der Waals surface area (Å²) in [6.07, 6.45) is 2.15. The van der Waals surface area contributed by atoms with Crippen LogP contribution in [0.25, 0.3) is 0 Å². The fourth-order valence-corrected chi connectivity index (χ4v) is 1.47. The normalized spacial score (nSPS) is 30.4. The van der Waals surface area contributed by atoms with Crippen LogP contribution in [0.4, 0.5) is 0 Å². The number of hydrogen-bond acceptors (Lipinski definition) is 2. The summed E-state index contributed by atoms with van der Waals surface area (Å²) in [6.45, 7) is 9.92. The van der Waals surface area contributed by atoms with E-state index in [1.807, 2.05) is 0 Å². The third-order valence-corrected chi connectivity index (χ3v) is 2.58. The minimum atomic E-state index is -0.102. The van der Waals surface area contributed by atoms with E-state index < -0.39 is 0 Å². The lowest BCUT2D eigenvalue weighted by atomic mass is 9.92. The molecule has 0 aromatic rings. The van der Waals surface area contributed by atoms with E-state index in [9.17, 15) is 0 Å². The molecule has 0 radical (unpaired) electrons. The molecule has 3 nitrogen and oxygen atoms in total. The van der Waals surface area contributed by atoms with Gasteiger partial charge in [-0.05, 0) is 19.8 Å². The molecule has 0 spiro atoms. The first kappa shape index (κ1) is 11.5. The minimum Gasteiger partial charge on any atom is -0.387 e.